The Bertz CT molecular complexity index is 1060. The Balaban J connectivity index is 1.65. The lowest BCUT2D eigenvalue weighted by Gasteiger charge is -2.42. The first-order valence-corrected chi connectivity index (χ1v) is 11.7. The molecule has 1 fully saturated rings. The monoisotopic (exact) mass is 499 g/mol. The number of benzene rings is 2. The summed E-state index contributed by atoms with van der Waals surface area (Å²) in [4.78, 5) is 17.0. The Morgan fingerprint density at radius 3 is 2.68 bits per heavy atom. The molecule has 1 amide bonds. The number of carbonyl (C=O) groups is 1. The molecule has 0 saturated carbocycles. The predicted octanol–water partition coefficient (Wildman–Crippen LogP) is 5.08. The SMILES string of the molecule is CCOc1ccc(C2CC(=O)N3CN(c4ccc(Br)cc4)CSC3=C2C#N)cc1OC. The van der Waals surface area contributed by atoms with E-state index in [-0.39, 0.29) is 18.2 Å². The van der Waals surface area contributed by atoms with Gasteiger partial charge in [-0.25, -0.2) is 0 Å². The minimum atomic E-state index is -0.292. The average Bonchev–Trinajstić information content (AvgIpc) is 2.80. The van der Waals surface area contributed by atoms with Gasteiger partial charge in [0, 0.05) is 22.5 Å². The maximum atomic E-state index is 13.1. The van der Waals surface area contributed by atoms with Crippen LogP contribution in [0.5, 0.6) is 11.5 Å². The minimum absolute atomic E-state index is 0.0150. The fourth-order valence-corrected chi connectivity index (χ4v) is 5.27. The Kier molecular flexibility index (Phi) is 6.44. The molecule has 1 saturated heterocycles. The van der Waals surface area contributed by atoms with Crippen LogP contribution in [0, 0.1) is 11.3 Å². The molecule has 4 rings (SSSR count). The molecule has 6 nitrogen and oxygen atoms in total. The van der Waals surface area contributed by atoms with Gasteiger partial charge in [-0.2, -0.15) is 5.26 Å². The third-order valence-corrected chi connectivity index (χ3v) is 7.06. The molecule has 0 N–H and O–H groups in total. The number of hydrogen-bond acceptors (Lipinski definition) is 6. The van der Waals surface area contributed by atoms with E-state index >= 15 is 0 Å². The molecule has 2 aliphatic heterocycles. The van der Waals surface area contributed by atoms with Crippen LogP contribution in [0.3, 0.4) is 0 Å². The van der Waals surface area contributed by atoms with Crippen LogP contribution >= 0.6 is 27.7 Å². The smallest absolute Gasteiger partial charge is 0.229 e. The van der Waals surface area contributed by atoms with E-state index in [1.54, 1.807) is 12.0 Å². The van der Waals surface area contributed by atoms with Crippen molar-refractivity contribution in [1.82, 2.24) is 4.90 Å². The van der Waals surface area contributed by atoms with Gasteiger partial charge in [0.05, 0.1) is 42.9 Å². The van der Waals surface area contributed by atoms with Crippen molar-refractivity contribution in [2.75, 3.05) is 31.2 Å². The molecule has 0 aliphatic carbocycles. The van der Waals surface area contributed by atoms with E-state index in [1.807, 2.05) is 49.4 Å². The van der Waals surface area contributed by atoms with Crippen molar-refractivity contribution in [2.45, 2.75) is 19.3 Å². The maximum absolute atomic E-state index is 13.1. The van der Waals surface area contributed by atoms with Gasteiger partial charge < -0.3 is 14.4 Å². The third-order valence-electron chi connectivity index (χ3n) is 5.38. The van der Waals surface area contributed by atoms with E-state index in [9.17, 15) is 10.1 Å². The normalized spacial score (nSPS) is 18.5. The van der Waals surface area contributed by atoms with Crippen molar-refractivity contribution >= 4 is 39.3 Å². The van der Waals surface area contributed by atoms with E-state index in [0.29, 0.717) is 36.2 Å². The highest BCUT2D eigenvalue weighted by Gasteiger charge is 2.38. The second-order valence-corrected chi connectivity index (χ2v) is 9.03. The fourth-order valence-electron chi connectivity index (χ4n) is 3.84. The molecule has 0 aromatic heterocycles. The Labute approximate surface area is 194 Å². The van der Waals surface area contributed by atoms with E-state index in [1.165, 1.54) is 11.8 Å². The number of amides is 1. The minimum Gasteiger partial charge on any atom is -0.493 e. The number of carbonyl (C=O) groups excluding carboxylic acids is 1. The van der Waals surface area contributed by atoms with E-state index in [0.717, 1.165) is 20.8 Å². The lowest BCUT2D eigenvalue weighted by molar-refractivity contribution is -0.129. The number of halogens is 1. The van der Waals surface area contributed by atoms with E-state index in [4.69, 9.17) is 9.47 Å². The van der Waals surface area contributed by atoms with Crippen LogP contribution in [0.1, 0.15) is 24.8 Å². The summed E-state index contributed by atoms with van der Waals surface area (Å²) < 4.78 is 12.1. The molecular weight excluding hydrogens is 478 g/mol. The Morgan fingerprint density at radius 1 is 1.23 bits per heavy atom. The number of hydrogen-bond donors (Lipinski definition) is 0. The highest BCUT2D eigenvalue weighted by Crippen LogP contribution is 2.44. The number of allylic oxidation sites excluding steroid dienone is 1. The van der Waals surface area contributed by atoms with Crippen LogP contribution in [-0.4, -0.2) is 37.1 Å². The summed E-state index contributed by atoms with van der Waals surface area (Å²) in [5.41, 5.74) is 2.55. The molecule has 2 heterocycles. The zero-order valence-corrected chi connectivity index (χ0v) is 19.7. The van der Waals surface area contributed by atoms with Crippen molar-refractivity contribution in [3.05, 3.63) is 63.1 Å². The summed E-state index contributed by atoms with van der Waals surface area (Å²) in [7, 11) is 1.59. The van der Waals surface area contributed by atoms with Gasteiger partial charge in [-0.3, -0.25) is 9.69 Å². The van der Waals surface area contributed by atoms with Gasteiger partial charge in [-0.15, -0.1) is 0 Å². The number of nitriles is 1. The molecule has 8 heteroatoms. The summed E-state index contributed by atoms with van der Waals surface area (Å²) in [5, 5.41) is 10.7. The van der Waals surface area contributed by atoms with Crippen molar-refractivity contribution in [3.8, 4) is 17.6 Å². The zero-order valence-electron chi connectivity index (χ0n) is 17.3. The molecule has 160 valence electrons. The van der Waals surface area contributed by atoms with Crippen molar-refractivity contribution < 1.29 is 14.3 Å². The quantitative estimate of drug-likeness (QED) is 0.571. The van der Waals surface area contributed by atoms with E-state index < -0.39 is 0 Å². The third kappa shape index (κ3) is 4.25. The fraction of sp³-hybridized carbons (Fsp3) is 0.304. The number of anilines is 1. The molecule has 2 aromatic rings. The molecule has 2 aromatic carbocycles. The summed E-state index contributed by atoms with van der Waals surface area (Å²) in [6.07, 6.45) is 0.248. The van der Waals surface area contributed by atoms with Gasteiger partial charge in [0.1, 0.15) is 0 Å². The molecule has 1 unspecified atom stereocenters. The van der Waals surface area contributed by atoms with Crippen LogP contribution in [0.4, 0.5) is 5.69 Å². The number of fused-ring (bicyclic) bond motifs is 1. The molecule has 0 bridgehead atoms. The first kappa shape index (κ1) is 21.6. The molecule has 31 heavy (non-hydrogen) atoms. The van der Waals surface area contributed by atoms with Crippen LogP contribution < -0.4 is 14.4 Å². The lowest BCUT2D eigenvalue weighted by atomic mass is 9.86. The topological polar surface area (TPSA) is 65.8 Å². The van der Waals surface area contributed by atoms with Crippen LogP contribution in [0.15, 0.2) is 57.5 Å². The van der Waals surface area contributed by atoms with Crippen molar-refractivity contribution in [1.29, 1.82) is 5.26 Å². The molecule has 2 aliphatic rings. The first-order valence-electron chi connectivity index (χ1n) is 9.94. The van der Waals surface area contributed by atoms with Crippen LogP contribution in [0.25, 0.3) is 0 Å². The van der Waals surface area contributed by atoms with Crippen molar-refractivity contribution in [2.24, 2.45) is 0 Å². The summed E-state index contributed by atoms with van der Waals surface area (Å²) >= 11 is 4.99. The molecule has 0 radical (unpaired) electrons. The number of nitrogens with zero attached hydrogens (tertiary/aromatic N) is 3. The summed E-state index contributed by atoms with van der Waals surface area (Å²) in [6, 6.07) is 16.0. The number of methoxy groups -OCH3 is 1. The zero-order chi connectivity index (χ0) is 22.0. The Hall–Kier alpha value is -2.63. The Morgan fingerprint density at radius 2 is 2.00 bits per heavy atom. The van der Waals surface area contributed by atoms with Crippen LogP contribution in [0.2, 0.25) is 0 Å². The van der Waals surface area contributed by atoms with Gasteiger partial charge in [-0.1, -0.05) is 33.8 Å². The standard InChI is InChI=1S/C23H22BrN3O3S/c1-3-30-20-9-4-15(10-21(20)29-2)18-11-22(28)27-13-26(14-31-23(27)19(18)12-25)17-7-5-16(24)6-8-17/h4-10,18H,3,11,13-14H2,1-2H3. The lowest BCUT2D eigenvalue weighted by Crippen LogP contribution is -2.47. The van der Waals surface area contributed by atoms with Crippen molar-refractivity contribution in [3.63, 3.8) is 0 Å². The number of thioether (sulfide) groups is 1. The number of rotatable bonds is 5. The average molecular weight is 500 g/mol. The highest BCUT2D eigenvalue weighted by atomic mass is 79.9. The van der Waals surface area contributed by atoms with Gasteiger partial charge in [0.25, 0.3) is 0 Å². The van der Waals surface area contributed by atoms with Crippen LogP contribution in [-0.2, 0) is 4.79 Å². The molecule has 0 spiro atoms. The maximum Gasteiger partial charge on any atom is 0.229 e. The van der Waals surface area contributed by atoms with Gasteiger partial charge in [0.15, 0.2) is 11.5 Å². The van der Waals surface area contributed by atoms with Gasteiger partial charge in [0.2, 0.25) is 5.91 Å². The summed E-state index contributed by atoms with van der Waals surface area (Å²) in [5.74, 6) is 1.65. The molecule has 1 atom stereocenters. The predicted molar refractivity (Wildman–Crippen MR) is 125 cm³/mol. The molecular formula is C23H22BrN3O3S. The number of ether oxygens (including phenoxy) is 2. The van der Waals surface area contributed by atoms with Gasteiger partial charge in [-0.05, 0) is 48.9 Å². The van der Waals surface area contributed by atoms with Gasteiger partial charge >= 0.3 is 0 Å². The van der Waals surface area contributed by atoms with E-state index in [2.05, 4.69) is 26.9 Å². The first-order chi connectivity index (χ1) is 15.0. The highest BCUT2D eigenvalue weighted by molar-refractivity contribution is 9.10. The summed E-state index contributed by atoms with van der Waals surface area (Å²) in [6.45, 7) is 2.89. The second-order valence-electron chi connectivity index (χ2n) is 7.18. The second kappa shape index (κ2) is 9.25. The largest absolute Gasteiger partial charge is 0.493 e.